The van der Waals surface area contributed by atoms with Crippen LogP contribution in [0, 0.1) is 0 Å². The molecule has 0 atom stereocenters. The van der Waals surface area contributed by atoms with Gasteiger partial charge in [-0.05, 0) is 58.2 Å². The van der Waals surface area contributed by atoms with E-state index < -0.39 is 0 Å². The molecule has 0 spiro atoms. The Bertz CT molecular complexity index is 451. The lowest BCUT2D eigenvalue weighted by molar-refractivity contribution is 0.165. The molecule has 4 heteroatoms. The zero-order valence-corrected chi connectivity index (χ0v) is 12.3. The molecule has 0 N–H and O–H groups in total. The van der Waals surface area contributed by atoms with Crippen molar-refractivity contribution in [3.8, 4) is 0 Å². The van der Waals surface area contributed by atoms with Crippen molar-refractivity contribution < 1.29 is 0 Å². The largest absolute Gasteiger partial charge is 0.352 e. The van der Waals surface area contributed by atoms with E-state index in [4.69, 9.17) is 0 Å². The Balaban J connectivity index is 1.65. The van der Waals surface area contributed by atoms with Crippen molar-refractivity contribution in [2.75, 3.05) is 25.0 Å². The summed E-state index contributed by atoms with van der Waals surface area (Å²) in [4.78, 5) is 4.80. The molecule has 104 valence electrons. The second-order valence-corrected chi connectivity index (χ2v) is 6.20. The van der Waals surface area contributed by atoms with Gasteiger partial charge in [0.15, 0.2) is 5.82 Å². The number of aryl methyl sites for hydroxylation is 2. The van der Waals surface area contributed by atoms with E-state index >= 15 is 0 Å². The Kier molecular flexibility index (Phi) is 3.44. The van der Waals surface area contributed by atoms with Crippen LogP contribution in [0.5, 0.6) is 0 Å². The van der Waals surface area contributed by atoms with Crippen molar-refractivity contribution in [1.29, 1.82) is 0 Å². The van der Waals surface area contributed by atoms with Crippen molar-refractivity contribution in [2.45, 2.75) is 51.6 Å². The van der Waals surface area contributed by atoms with Crippen molar-refractivity contribution in [3.63, 3.8) is 0 Å². The predicted molar refractivity (Wildman–Crippen MR) is 77.6 cm³/mol. The van der Waals surface area contributed by atoms with E-state index in [1.165, 1.54) is 30.5 Å². The first-order chi connectivity index (χ1) is 9.15. The van der Waals surface area contributed by atoms with Gasteiger partial charge >= 0.3 is 0 Å². The summed E-state index contributed by atoms with van der Waals surface area (Å²) in [5, 5.41) is 8.83. The number of nitrogens with zero attached hydrogens (tertiary/aromatic N) is 4. The van der Waals surface area contributed by atoms with Gasteiger partial charge in [-0.3, -0.25) is 4.90 Å². The first-order valence-electron chi connectivity index (χ1n) is 7.47. The Morgan fingerprint density at radius 3 is 2.68 bits per heavy atom. The summed E-state index contributed by atoms with van der Waals surface area (Å²) in [7, 11) is 2.21. The summed E-state index contributed by atoms with van der Waals surface area (Å²) in [6, 6.07) is 3.55. The Morgan fingerprint density at radius 2 is 1.95 bits per heavy atom. The number of rotatable bonds is 3. The van der Waals surface area contributed by atoms with Gasteiger partial charge < -0.3 is 4.90 Å². The van der Waals surface area contributed by atoms with Gasteiger partial charge in [-0.15, -0.1) is 5.10 Å². The maximum absolute atomic E-state index is 4.42. The predicted octanol–water partition coefficient (Wildman–Crippen LogP) is 1.88. The van der Waals surface area contributed by atoms with Crippen molar-refractivity contribution in [1.82, 2.24) is 15.1 Å². The van der Waals surface area contributed by atoms with Gasteiger partial charge in [0.25, 0.3) is 0 Å². The second-order valence-electron chi connectivity index (χ2n) is 6.20. The lowest BCUT2D eigenvalue weighted by atomic mass is 9.96. The van der Waals surface area contributed by atoms with Gasteiger partial charge in [-0.2, -0.15) is 5.10 Å². The highest BCUT2D eigenvalue weighted by Crippen LogP contribution is 2.26. The Morgan fingerprint density at radius 1 is 1.21 bits per heavy atom. The molecule has 1 fully saturated rings. The van der Waals surface area contributed by atoms with Crippen LogP contribution in [0.4, 0.5) is 5.82 Å². The molecule has 0 amide bonds. The molecule has 2 heterocycles. The van der Waals surface area contributed by atoms with Gasteiger partial charge in [-0.25, -0.2) is 0 Å². The molecular formula is C15H24N4. The summed E-state index contributed by atoms with van der Waals surface area (Å²) in [6.07, 6.45) is 4.87. The quantitative estimate of drug-likeness (QED) is 0.830. The fourth-order valence-electron chi connectivity index (χ4n) is 2.95. The molecule has 1 aromatic rings. The molecule has 2 aliphatic rings. The maximum atomic E-state index is 4.42. The standard InChI is InChI=1S/C15H24N4/c1-11(2)18(3)13-9-19(10-13)15-8-12-6-4-5-7-14(12)16-17-15/h8,11,13H,4-7,9-10H2,1-3H3. The van der Waals surface area contributed by atoms with E-state index in [9.17, 15) is 0 Å². The first-order valence-corrected chi connectivity index (χ1v) is 7.47. The Labute approximate surface area is 115 Å². The maximum Gasteiger partial charge on any atom is 0.151 e. The third kappa shape index (κ3) is 2.46. The number of fused-ring (bicyclic) bond motifs is 1. The number of hydrogen-bond acceptors (Lipinski definition) is 4. The van der Waals surface area contributed by atoms with Gasteiger partial charge in [0, 0.05) is 25.2 Å². The molecule has 19 heavy (non-hydrogen) atoms. The highest BCUT2D eigenvalue weighted by molar-refractivity contribution is 5.45. The van der Waals surface area contributed by atoms with E-state index in [2.05, 4.69) is 47.0 Å². The van der Waals surface area contributed by atoms with Gasteiger partial charge in [-0.1, -0.05) is 0 Å². The lowest BCUT2D eigenvalue weighted by Crippen LogP contribution is -2.60. The fraction of sp³-hybridized carbons (Fsp3) is 0.733. The Hall–Kier alpha value is -1.16. The fourth-order valence-corrected chi connectivity index (χ4v) is 2.95. The minimum absolute atomic E-state index is 0.613. The normalized spacial score (nSPS) is 19.7. The molecular weight excluding hydrogens is 236 g/mol. The number of aromatic nitrogens is 2. The summed E-state index contributed by atoms with van der Waals surface area (Å²) in [6.45, 7) is 6.67. The van der Waals surface area contributed by atoms with Crippen molar-refractivity contribution >= 4 is 5.82 Å². The van der Waals surface area contributed by atoms with Crippen LogP contribution < -0.4 is 4.90 Å². The number of anilines is 1. The molecule has 1 saturated heterocycles. The zero-order valence-electron chi connectivity index (χ0n) is 12.3. The zero-order chi connectivity index (χ0) is 13.4. The molecule has 0 saturated carbocycles. The summed E-state index contributed by atoms with van der Waals surface area (Å²) in [5.41, 5.74) is 2.66. The third-order valence-electron chi connectivity index (χ3n) is 4.63. The molecule has 0 radical (unpaired) electrons. The van der Waals surface area contributed by atoms with E-state index in [1.807, 2.05) is 0 Å². The van der Waals surface area contributed by atoms with Crippen LogP contribution in [-0.2, 0) is 12.8 Å². The lowest BCUT2D eigenvalue weighted by Gasteiger charge is -2.46. The highest BCUT2D eigenvalue weighted by atomic mass is 15.4. The molecule has 0 aromatic carbocycles. The van der Waals surface area contributed by atoms with Crippen LogP contribution in [0.15, 0.2) is 6.07 Å². The molecule has 1 aromatic heterocycles. The molecule has 0 bridgehead atoms. The van der Waals surface area contributed by atoms with E-state index in [0.717, 1.165) is 25.3 Å². The average molecular weight is 260 g/mol. The minimum Gasteiger partial charge on any atom is -0.352 e. The summed E-state index contributed by atoms with van der Waals surface area (Å²) in [5.74, 6) is 1.08. The molecule has 1 aliphatic carbocycles. The van der Waals surface area contributed by atoms with Gasteiger partial charge in [0.2, 0.25) is 0 Å². The van der Waals surface area contributed by atoms with Crippen LogP contribution >= 0.6 is 0 Å². The molecule has 3 rings (SSSR count). The van der Waals surface area contributed by atoms with Gasteiger partial charge in [0.1, 0.15) is 0 Å². The monoisotopic (exact) mass is 260 g/mol. The van der Waals surface area contributed by atoms with Crippen molar-refractivity contribution in [3.05, 3.63) is 17.3 Å². The average Bonchev–Trinajstić information content (AvgIpc) is 2.36. The van der Waals surface area contributed by atoms with Crippen LogP contribution in [0.1, 0.15) is 37.9 Å². The minimum atomic E-state index is 0.613. The highest BCUT2D eigenvalue weighted by Gasteiger charge is 2.32. The third-order valence-corrected chi connectivity index (χ3v) is 4.63. The van der Waals surface area contributed by atoms with E-state index in [-0.39, 0.29) is 0 Å². The van der Waals surface area contributed by atoms with E-state index in [0.29, 0.717) is 12.1 Å². The summed E-state index contributed by atoms with van der Waals surface area (Å²) >= 11 is 0. The van der Waals surface area contributed by atoms with Crippen LogP contribution in [0.25, 0.3) is 0 Å². The van der Waals surface area contributed by atoms with Crippen molar-refractivity contribution in [2.24, 2.45) is 0 Å². The molecule has 1 aliphatic heterocycles. The van der Waals surface area contributed by atoms with E-state index in [1.54, 1.807) is 0 Å². The van der Waals surface area contributed by atoms with Crippen LogP contribution in [0.3, 0.4) is 0 Å². The van der Waals surface area contributed by atoms with Crippen LogP contribution in [-0.4, -0.2) is 47.3 Å². The second kappa shape index (κ2) is 5.08. The molecule has 0 unspecified atom stereocenters. The SMILES string of the molecule is CC(C)N(C)C1CN(c2cc3c(nn2)CCCC3)C1. The first kappa shape index (κ1) is 12.9. The van der Waals surface area contributed by atoms with Crippen LogP contribution in [0.2, 0.25) is 0 Å². The summed E-state index contributed by atoms with van der Waals surface area (Å²) < 4.78 is 0. The number of likely N-dealkylation sites (N-methyl/N-ethyl adjacent to an activating group) is 1. The molecule has 4 nitrogen and oxygen atoms in total. The topological polar surface area (TPSA) is 32.3 Å². The number of hydrogen-bond donors (Lipinski definition) is 0. The smallest absolute Gasteiger partial charge is 0.151 e. The van der Waals surface area contributed by atoms with Gasteiger partial charge in [0.05, 0.1) is 5.69 Å².